The van der Waals surface area contributed by atoms with E-state index in [0.717, 1.165) is 16.0 Å². The van der Waals surface area contributed by atoms with Crippen LogP contribution >= 0.6 is 11.6 Å². The fourth-order valence-corrected chi connectivity index (χ4v) is 3.24. The Kier molecular flexibility index (Phi) is 5.43. The second-order valence-electron chi connectivity index (χ2n) is 6.11. The summed E-state index contributed by atoms with van der Waals surface area (Å²) in [4.78, 5) is 12.3. The van der Waals surface area contributed by atoms with E-state index < -0.39 is 17.9 Å². The summed E-state index contributed by atoms with van der Waals surface area (Å²) in [5, 5.41) is 0.369. The molecule has 0 saturated heterocycles. The molecule has 1 aliphatic rings. The van der Waals surface area contributed by atoms with Crippen LogP contribution < -0.4 is 0 Å². The molecule has 2 nitrogen and oxygen atoms in total. The topological polar surface area (TPSA) is 20.3 Å². The normalized spacial score (nSPS) is 14.0. The third-order valence-electron chi connectivity index (χ3n) is 4.33. The lowest BCUT2D eigenvalue weighted by atomic mass is 9.97. The Hall–Kier alpha value is -2.52. The average Bonchev–Trinajstić information content (AvgIpc) is 2.82. The van der Waals surface area contributed by atoms with Gasteiger partial charge in [-0.3, -0.25) is 4.79 Å². The first-order valence-corrected chi connectivity index (χ1v) is 8.57. The highest BCUT2D eigenvalue weighted by molar-refractivity contribution is 6.31. The van der Waals surface area contributed by atoms with Gasteiger partial charge < -0.3 is 4.90 Å². The average molecular weight is 396 g/mol. The maximum atomic E-state index is 13.3. The highest BCUT2D eigenvalue weighted by atomic mass is 35.5. The van der Waals surface area contributed by atoms with Crippen LogP contribution in [0.15, 0.2) is 36.4 Å². The van der Waals surface area contributed by atoms with Crippen LogP contribution in [0.5, 0.6) is 0 Å². The van der Waals surface area contributed by atoms with Crippen molar-refractivity contribution in [3.63, 3.8) is 0 Å². The molecule has 0 unspecified atom stereocenters. The number of hydrogen-bond donors (Lipinski definition) is 0. The quantitative estimate of drug-likeness (QED) is 0.479. The zero-order valence-electron chi connectivity index (χ0n) is 14.0. The van der Waals surface area contributed by atoms with Gasteiger partial charge in [-0.1, -0.05) is 35.6 Å². The molecule has 0 fully saturated rings. The smallest absolute Gasteiger partial charge is 0.334 e. The van der Waals surface area contributed by atoms with Gasteiger partial charge in [0.25, 0.3) is 0 Å². The van der Waals surface area contributed by atoms with Crippen molar-refractivity contribution in [2.45, 2.75) is 19.0 Å². The third-order valence-corrected chi connectivity index (χ3v) is 4.64. The molecule has 3 rings (SSSR count). The molecule has 0 saturated carbocycles. The third kappa shape index (κ3) is 4.42. The number of nitrogens with zero attached hydrogens (tertiary/aromatic N) is 1. The summed E-state index contributed by atoms with van der Waals surface area (Å²) in [6, 6.07) is 9.15. The van der Waals surface area contributed by atoms with E-state index in [9.17, 15) is 22.4 Å². The van der Waals surface area contributed by atoms with Gasteiger partial charge >= 0.3 is 12.1 Å². The zero-order chi connectivity index (χ0) is 19.6. The van der Waals surface area contributed by atoms with E-state index in [1.54, 1.807) is 18.2 Å². The van der Waals surface area contributed by atoms with Crippen molar-refractivity contribution in [3.8, 4) is 11.8 Å². The zero-order valence-corrected chi connectivity index (χ0v) is 14.8. The van der Waals surface area contributed by atoms with Crippen molar-refractivity contribution in [1.82, 2.24) is 4.90 Å². The Morgan fingerprint density at radius 3 is 2.52 bits per heavy atom. The van der Waals surface area contributed by atoms with Crippen LogP contribution in [0.1, 0.15) is 22.3 Å². The van der Waals surface area contributed by atoms with Crippen LogP contribution in [-0.2, 0) is 17.6 Å². The summed E-state index contributed by atoms with van der Waals surface area (Å²) in [5.74, 6) is 3.49. The van der Waals surface area contributed by atoms with Crippen LogP contribution in [0.4, 0.5) is 17.6 Å². The van der Waals surface area contributed by atoms with E-state index in [1.165, 1.54) is 18.2 Å². The van der Waals surface area contributed by atoms with Crippen molar-refractivity contribution in [3.05, 3.63) is 69.5 Å². The highest BCUT2D eigenvalue weighted by Gasteiger charge is 2.42. The van der Waals surface area contributed by atoms with E-state index in [1.807, 2.05) is 0 Å². The van der Waals surface area contributed by atoms with Gasteiger partial charge in [-0.2, -0.15) is 13.2 Å². The number of benzene rings is 2. The standard InChI is InChI=1S/C20H14ClF4NO/c21-18-7-5-14-8-10-26(19(27)20(23,24)25)11-9-16(14)17(18)6-4-13-2-1-3-15(22)12-13/h1-3,5,7,12H,8-11H2. The minimum absolute atomic E-state index is 0.0241. The summed E-state index contributed by atoms with van der Waals surface area (Å²) in [6.45, 7) is -0.0932. The second-order valence-corrected chi connectivity index (χ2v) is 6.52. The molecule has 0 radical (unpaired) electrons. The van der Waals surface area contributed by atoms with E-state index in [2.05, 4.69) is 11.8 Å². The summed E-state index contributed by atoms with van der Waals surface area (Å²) >= 11 is 6.25. The molecule has 2 aromatic carbocycles. The van der Waals surface area contributed by atoms with Crippen LogP contribution in [0, 0.1) is 17.7 Å². The van der Waals surface area contributed by atoms with Crippen molar-refractivity contribution in [1.29, 1.82) is 0 Å². The fourth-order valence-electron chi connectivity index (χ4n) is 3.01. The van der Waals surface area contributed by atoms with Crippen LogP contribution in [0.25, 0.3) is 0 Å². The Morgan fingerprint density at radius 2 is 1.81 bits per heavy atom. The van der Waals surface area contributed by atoms with E-state index in [0.29, 0.717) is 16.1 Å². The number of fused-ring (bicyclic) bond motifs is 1. The van der Waals surface area contributed by atoms with Crippen molar-refractivity contribution in [2.24, 2.45) is 0 Å². The van der Waals surface area contributed by atoms with Crippen LogP contribution in [-0.4, -0.2) is 30.1 Å². The first-order chi connectivity index (χ1) is 12.8. The molecule has 0 aromatic heterocycles. The molecule has 1 amide bonds. The van der Waals surface area contributed by atoms with Gasteiger partial charge in [-0.25, -0.2) is 4.39 Å². The molecule has 27 heavy (non-hydrogen) atoms. The molecule has 0 atom stereocenters. The maximum Gasteiger partial charge on any atom is 0.471 e. The van der Waals surface area contributed by atoms with Gasteiger partial charge in [0.05, 0.1) is 5.02 Å². The highest BCUT2D eigenvalue weighted by Crippen LogP contribution is 2.28. The number of carbonyl (C=O) groups excluding carboxylic acids is 1. The molecule has 0 spiro atoms. The van der Waals surface area contributed by atoms with Crippen molar-refractivity contribution < 1.29 is 22.4 Å². The number of alkyl halides is 3. The SMILES string of the molecule is O=C(N1CCc2ccc(Cl)c(C#Cc3cccc(F)c3)c2CC1)C(F)(F)F. The summed E-state index contributed by atoms with van der Waals surface area (Å²) < 4.78 is 51.4. The number of halogens is 5. The van der Waals surface area contributed by atoms with Crippen molar-refractivity contribution >= 4 is 17.5 Å². The Labute approximate surface area is 158 Å². The summed E-state index contributed by atoms with van der Waals surface area (Å²) in [7, 11) is 0. The fraction of sp³-hybridized carbons (Fsp3) is 0.250. The van der Waals surface area contributed by atoms with Crippen LogP contribution in [0.3, 0.4) is 0 Å². The lowest BCUT2D eigenvalue weighted by Gasteiger charge is -2.21. The first-order valence-electron chi connectivity index (χ1n) is 8.19. The van der Waals surface area contributed by atoms with E-state index >= 15 is 0 Å². The Bertz CT molecular complexity index is 943. The minimum Gasteiger partial charge on any atom is -0.334 e. The van der Waals surface area contributed by atoms with E-state index in [-0.39, 0.29) is 25.9 Å². The maximum absolute atomic E-state index is 13.3. The molecule has 0 bridgehead atoms. The number of hydrogen-bond acceptors (Lipinski definition) is 1. The number of amides is 1. The summed E-state index contributed by atoms with van der Waals surface area (Å²) in [6.07, 6.45) is -4.40. The largest absolute Gasteiger partial charge is 0.471 e. The Morgan fingerprint density at radius 1 is 1.07 bits per heavy atom. The molecule has 7 heteroatoms. The number of carbonyl (C=O) groups is 1. The van der Waals surface area contributed by atoms with Gasteiger partial charge in [0, 0.05) is 24.2 Å². The molecule has 0 N–H and O–H groups in total. The Balaban J connectivity index is 1.92. The predicted octanol–water partition coefficient (Wildman–Crippen LogP) is 4.37. The van der Waals surface area contributed by atoms with Gasteiger partial charge in [0.2, 0.25) is 0 Å². The second kappa shape index (κ2) is 7.61. The van der Waals surface area contributed by atoms with Gasteiger partial charge in [-0.05, 0) is 48.2 Å². The van der Waals surface area contributed by atoms with Gasteiger partial charge in [0.15, 0.2) is 0 Å². The molecule has 1 heterocycles. The van der Waals surface area contributed by atoms with Gasteiger partial charge in [0.1, 0.15) is 5.82 Å². The lowest BCUT2D eigenvalue weighted by molar-refractivity contribution is -0.185. The van der Waals surface area contributed by atoms with Gasteiger partial charge in [-0.15, -0.1) is 0 Å². The molecule has 0 aliphatic carbocycles. The molecular formula is C20H14ClF4NO. The summed E-state index contributed by atoms with van der Waals surface area (Å²) in [5.41, 5.74) is 2.50. The predicted molar refractivity (Wildman–Crippen MR) is 93.9 cm³/mol. The van der Waals surface area contributed by atoms with Crippen molar-refractivity contribution in [2.75, 3.05) is 13.1 Å². The molecular weight excluding hydrogens is 382 g/mol. The number of rotatable bonds is 0. The lowest BCUT2D eigenvalue weighted by Crippen LogP contribution is -2.42. The monoisotopic (exact) mass is 395 g/mol. The van der Waals surface area contributed by atoms with E-state index in [4.69, 9.17) is 11.6 Å². The molecule has 2 aromatic rings. The minimum atomic E-state index is -4.89. The first kappa shape index (κ1) is 19.2. The van der Waals surface area contributed by atoms with Crippen LogP contribution in [0.2, 0.25) is 5.02 Å². The molecule has 1 aliphatic heterocycles. The molecule has 140 valence electrons.